The van der Waals surface area contributed by atoms with Crippen molar-refractivity contribution < 1.29 is 22.7 Å². The van der Waals surface area contributed by atoms with Crippen molar-refractivity contribution in [3.63, 3.8) is 0 Å². The average Bonchev–Trinajstić information content (AvgIpc) is 3.39. The summed E-state index contributed by atoms with van der Waals surface area (Å²) < 4.78 is 38.2. The minimum absolute atomic E-state index is 0.226. The largest absolute Gasteiger partial charge is 0.490 e. The summed E-state index contributed by atoms with van der Waals surface area (Å²) >= 11 is 0. The van der Waals surface area contributed by atoms with E-state index in [1.807, 2.05) is 30.3 Å². The number of anilines is 1. The molecule has 1 saturated heterocycles. The molecular formula is C25H26N2O5S. The Labute approximate surface area is 194 Å². The molecule has 3 aromatic carbocycles. The van der Waals surface area contributed by atoms with E-state index >= 15 is 0 Å². The maximum atomic E-state index is 12.8. The first kappa shape index (κ1) is 22.8. The molecule has 0 saturated carbocycles. The lowest BCUT2D eigenvalue weighted by molar-refractivity contribution is 0.102. The van der Waals surface area contributed by atoms with Crippen molar-refractivity contribution in [1.29, 1.82) is 0 Å². The van der Waals surface area contributed by atoms with Crippen LogP contribution in [0.4, 0.5) is 5.69 Å². The summed E-state index contributed by atoms with van der Waals surface area (Å²) in [5, 5.41) is 2.80. The van der Waals surface area contributed by atoms with Crippen molar-refractivity contribution in [2.75, 3.05) is 31.6 Å². The van der Waals surface area contributed by atoms with Gasteiger partial charge in [-0.1, -0.05) is 30.3 Å². The molecule has 0 aromatic heterocycles. The van der Waals surface area contributed by atoms with Gasteiger partial charge in [0.15, 0.2) is 0 Å². The SMILES string of the molecule is O=C(Nc1ccc(S(=O)(=O)N2CCCC2)cc1)c1ccccc1OCCOc1ccccc1. The second-order valence-electron chi connectivity index (χ2n) is 7.60. The zero-order chi connectivity index (χ0) is 23.1. The minimum Gasteiger partial charge on any atom is -0.490 e. The molecule has 8 heteroatoms. The van der Waals surface area contributed by atoms with Crippen molar-refractivity contribution in [2.45, 2.75) is 17.7 Å². The molecule has 0 aliphatic carbocycles. The molecule has 33 heavy (non-hydrogen) atoms. The predicted molar refractivity (Wildman–Crippen MR) is 126 cm³/mol. The van der Waals surface area contributed by atoms with Gasteiger partial charge >= 0.3 is 0 Å². The second kappa shape index (κ2) is 10.5. The summed E-state index contributed by atoms with van der Waals surface area (Å²) in [5.74, 6) is 0.854. The van der Waals surface area contributed by atoms with Gasteiger partial charge in [0.25, 0.3) is 5.91 Å². The van der Waals surface area contributed by atoms with Crippen molar-refractivity contribution in [2.24, 2.45) is 0 Å². The fraction of sp³-hybridized carbons (Fsp3) is 0.240. The molecule has 0 radical (unpaired) electrons. The van der Waals surface area contributed by atoms with E-state index in [4.69, 9.17) is 9.47 Å². The molecule has 1 amide bonds. The minimum atomic E-state index is -3.49. The van der Waals surface area contributed by atoms with Gasteiger partial charge in [-0.15, -0.1) is 0 Å². The van der Waals surface area contributed by atoms with Gasteiger partial charge in [-0.2, -0.15) is 4.31 Å². The molecule has 1 aliphatic rings. The Hall–Kier alpha value is -3.36. The van der Waals surface area contributed by atoms with Gasteiger partial charge in [0.1, 0.15) is 24.7 Å². The number of amides is 1. The van der Waals surface area contributed by atoms with E-state index in [0.717, 1.165) is 18.6 Å². The highest BCUT2D eigenvalue weighted by molar-refractivity contribution is 7.89. The van der Waals surface area contributed by atoms with Crippen molar-refractivity contribution in [3.05, 3.63) is 84.4 Å². The number of hydrogen-bond donors (Lipinski definition) is 1. The first-order valence-electron chi connectivity index (χ1n) is 10.9. The molecule has 172 valence electrons. The number of hydrogen-bond acceptors (Lipinski definition) is 5. The smallest absolute Gasteiger partial charge is 0.259 e. The van der Waals surface area contributed by atoms with Crippen LogP contribution in [0.2, 0.25) is 0 Å². The molecule has 1 heterocycles. The van der Waals surface area contributed by atoms with Crippen LogP contribution in [0, 0.1) is 0 Å². The highest BCUT2D eigenvalue weighted by Gasteiger charge is 2.27. The van der Waals surface area contributed by atoms with Crippen LogP contribution in [0.5, 0.6) is 11.5 Å². The number of carbonyl (C=O) groups excluding carboxylic acids is 1. The van der Waals surface area contributed by atoms with Crippen LogP contribution < -0.4 is 14.8 Å². The molecule has 0 bridgehead atoms. The van der Waals surface area contributed by atoms with Crippen LogP contribution in [0.3, 0.4) is 0 Å². The molecule has 3 aromatic rings. The standard InChI is InChI=1S/C25H26N2O5S/c28-25(26-20-12-14-22(15-13-20)33(29,30)27-16-6-7-17-27)23-10-4-5-11-24(23)32-19-18-31-21-8-2-1-3-9-21/h1-5,8-15H,6-7,16-19H2,(H,26,28). The number of para-hydroxylation sites is 2. The Morgan fingerprint density at radius 2 is 1.45 bits per heavy atom. The maximum absolute atomic E-state index is 12.8. The molecule has 1 fully saturated rings. The Morgan fingerprint density at radius 1 is 0.818 bits per heavy atom. The molecule has 7 nitrogen and oxygen atoms in total. The quantitative estimate of drug-likeness (QED) is 0.478. The van der Waals surface area contributed by atoms with Gasteiger partial charge in [0.2, 0.25) is 10.0 Å². The third-order valence-electron chi connectivity index (χ3n) is 5.30. The molecule has 4 rings (SSSR count). The zero-order valence-corrected chi connectivity index (χ0v) is 19.0. The molecule has 0 spiro atoms. The third kappa shape index (κ3) is 5.71. The highest BCUT2D eigenvalue weighted by atomic mass is 32.2. The monoisotopic (exact) mass is 466 g/mol. The summed E-state index contributed by atoms with van der Waals surface area (Å²) in [6, 6.07) is 22.6. The Balaban J connectivity index is 1.36. The van der Waals surface area contributed by atoms with E-state index in [1.54, 1.807) is 36.4 Å². The lowest BCUT2D eigenvalue weighted by atomic mass is 10.2. The molecule has 0 atom stereocenters. The summed E-state index contributed by atoms with van der Waals surface area (Å²) in [4.78, 5) is 13.1. The maximum Gasteiger partial charge on any atom is 0.259 e. The van der Waals surface area contributed by atoms with Crippen LogP contribution >= 0.6 is 0 Å². The number of ether oxygens (including phenoxy) is 2. The fourth-order valence-electron chi connectivity index (χ4n) is 3.59. The first-order chi connectivity index (χ1) is 16.0. The third-order valence-corrected chi connectivity index (χ3v) is 7.21. The zero-order valence-electron chi connectivity index (χ0n) is 18.1. The predicted octanol–water partition coefficient (Wildman–Crippen LogP) is 4.18. The summed E-state index contributed by atoms with van der Waals surface area (Å²) in [6.45, 7) is 1.72. The van der Waals surface area contributed by atoms with Crippen LogP contribution in [-0.4, -0.2) is 44.9 Å². The van der Waals surface area contributed by atoms with E-state index in [2.05, 4.69) is 5.32 Å². The van der Waals surface area contributed by atoms with E-state index in [1.165, 1.54) is 16.4 Å². The molecular weight excluding hydrogens is 440 g/mol. The normalized spacial score (nSPS) is 14.1. The van der Waals surface area contributed by atoms with Gasteiger partial charge in [0, 0.05) is 18.8 Å². The van der Waals surface area contributed by atoms with Gasteiger partial charge in [-0.05, 0) is 61.4 Å². The topological polar surface area (TPSA) is 84.9 Å². The van der Waals surface area contributed by atoms with Crippen LogP contribution in [0.15, 0.2) is 83.8 Å². The number of benzene rings is 3. The number of carbonyl (C=O) groups is 1. The van der Waals surface area contributed by atoms with Gasteiger partial charge < -0.3 is 14.8 Å². The Kier molecular flexibility index (Phi) is 7.26. The van der Waals surface area contributed by atoms with Crippen molar-refractivity contribution >= 4 is 21.6 Å². The van der Waals surface area contributed by atoms with E-state index in [9.17, 15) is 13.2 Å². The number of nitrogens with zero attached hydrogens (tertiary/aromatic N) is 1. The van der Waals surface area contributed by atoms with E-state index < -0.39 is 10.0 Å². The second-order valence-corrected chi connectivity index (χ2v) is 9.53. The lowest BCUT2D eigenvalue weighted by Gasteiger charge is -2.16. The summed E-state index contributed by atoms with van der Waals surface area (Å²) in [5.41, 5.74) is 0.883. The number of rotatable bonds is 9. The number of sulfonamides is 1. The Bertz CT molecular complexity index is 1170. The van der Waals surface area contributed by atoms with Crippen LogP contribution in [0.1, 0.15) is 23.2 Å². The molecule has 0 unspecified atom stereocenters. The lowest BCUT2D eigenvalue weighted by Crippen LogP contribution is -2.27. The van der Waals surface area contributed by atoms with Crippen molar-refractivity contribution in [3.8, 4) is 11.5 Å². The van der Waals surface area contributed by atoms with Crippen LogP contribution in [0.25, 0.3) is 0 Å². The van der Waals surface area contributed by atoms with Gasteiger partial charge in [0.05, 0.1) is 10.5 Å². The first-order valence-corrected chi connectivity index (χ1v) is 12.3. The van der Waals surface area contributed by atoms with E-state index in [-0.39, 0.29) is 17.4 Å². The summed E-state index contributed by atoms with van der Waals surface area (Å²) in [6.07, 6.45) is 1.76. The Morgan fingerprint density at radius 3 is 2.18 bits per heavy atom. The summed E-state index contributed by atoms with van der Waals surface area (Å²) in [7, 11) is -3.49. The van der Waals surface area contributed by atoms with Gasteiger partial charge in [-0.3, -0.25) is 4.79 Å². The van der Waals surface area contributed by atoms with Crippen molar-refractivity contribution in [1.82, 2.24) is 4.31 Å². The van der Waals surface area contributed by atoms with Crippen LogP contribution in [-0.2, 0) is 10.0 Å². The fourth-order valence-corrected chi connectivity index (χ4v) is 5.11. The van der Waals surface area contributed by atoms with E-state index in [0.29, 0.717) is 36.7 Å². The highest BCUT2D eigenvalue weighted by Crippen LogP contribution is 2.24. The van der Waals surface area contributed by atoms with Gasteiger partial charge in [-0.25, -0.2) is 8.42 Å². The average molecular weight is 467 g/mol. The molecule has 1 aliphatic heterocycles. The number of nitrogens with one attached hydrogen (secondary N) is 1. The molecule has 1 N–H and O–H groups in total.